The molecule has 0 saturated carbocycles. The van der Waals surface area contributed by atoms with Crippen molar-refractivity contribution >= 4 is 16.1 Å². The largest absolute Gasteiger partial charge is 0.333 e. The van der Waals surface area contributed by atoms with Crippen LogP contribution in [0.1, 0.15) is 18.4 Å². The van der Waals surface area contributed by atoms with Crippen molar-refractivity contribution in [2.75, 3.05) is 20.1 Å². The number of hydrogen-bond acceptors (Lipinski definition) is 3. The van der Waals surface area contributed by atoms with Crippen molar-refractivity contribution in [1.82, 2.24) is 9.21 Å². The Bertz CT molecular complexity index is 560. The predicted molar refractivity (Wildman–Crippen MR) is 72.3 cm³/mol. The third-order valence-electron chi connectivity index (χ3n) is 3.33. The van der Waals surface area contributed by atoms with Gasteiger partial charge in [0, 0.05) is 20.1 Å². The van der Waals surface area contributed by atoms with Crippen molar-refractivity contribution in [3.8, 4) is 0 Å². The minimum Gasteiger partial charge on any atom is -0.324 e. The summed E-state index contributed by atoms with van der Waals surface area (Å²) in [7, 11) is -2.43. The van der Waals surface area contributed by atoms with Gasteiger partial charge in [0.05, 0.1) is 4.90 Å². The van der Waals surface area contributed by atoms with E-state index >= 15 is 0 Å². The Labute approximate surface area is 113 Å². The third kappa shape index (κ3) is 2.73. The van der Waals surface area contributed by atoms with Crippen LogP contribution in [0.5, 0.6) is 0 Å². The van der Waals surface area contributed by atoms with Gasteiger partial charge in [0.15, 0.2) is 0 Å². The summed E-state index contributed by atoms with van der Waals surface area (Å²) in [6.07, 6.45) is 1.87. The minimum absolute atomic E-state index is 0.146. The Morgan fingerprint density at radius 2 is 1.68 bits per heavy atom. The van der Waals surface area contributed by atoms with E-state index in [0.717, 1.165) is 22.7 Å². The van der Waals surface area contributed by atoms with Crippen molar-refractivity contribution < 1.29 is 13.2 Å². The van der Waals surface area contributed by atoms with Gasteiger partial charge in [-0.15, -0.1) is 0 Å². The summed E-state index contributed by atoms with van der Waals surface area (Å²) in [6, 6.07) is 6.05. The Kier molecular flexibility index (Phi) is 3.80. The monoisotopic (exact) mass is 282 g/mol. The van der Waals surface area contributed by atoms with Gasteiger partial charge in [-0.3, -0.25) is 0 Å². The van der Waals surface area contributed by atoms with Crippen LogP contribution in [0, 0.1) is 6.92 Å². The Morgan fingerprint density at radius 3 is 2.21 bits per heavy atom. The molecule has 6 heteroatoms. The average Bonchev–Trinajstić information content (AvgIpc) is 2.91. The van der Waals surface area contributed by atoms with Crippen LogP contribution in [0.3, 0.4) is 0 Å². The van der Waals surface area contributed by atoms with Gasteiger partial charge in [-0.25, -0.2) is 17.5 Å². The summed E-state index contributed by atoms with van der Waals surface area (Å²) >= 11 is 0. The average molecular weight is 282 g/mol. The maximum Gasteiger partial charge on any atom is 0.333 e. The van der Waals surface area contributed by atoms with E-state index in [2.05, 4.69) is 0 Å². The lowest BCUT2D eigenvalue weighted by Crippen LogP contribution is -2.42. The molecule has 1 aliphatic rings. The number of aryl methyl sites for hydroxylation is 1. The van der Waals surface area contributed by atoms with Crippen molar-refractivity contribution in [2.24, 2.45) is 0 Å². The van der Waals surface area contributed by atoms with Gasteiger partial charge in [0.2, 0.25) is 0 Å². The van der Waals surface area contributed by atoms with Crippen LogP contribution in [0.15, 0.2) is 29.2 Å². The zero-order chi connectivity index (χ0) is 14.0. The van der Waals surface area contributed by atoms with Crippen LogP contribution in [0.25, 0.3) is 0 Å². The number of hydrogen-bond donors (Lipinski definition) is 0. The molecule has 1 aromatic carbocycles. The van der Waals surface area contributed by atoms with Gasteiger partial charge in [-0.2, -0.15) is 0 Å². The van der Waals surface area contributed by atoms with E-state index in [-0.39, 0.29) is 4.90 Å². The molecular formula is C13H18N2O3S. The molecular weight excluding hydrogens is 264 g/mol. The SMILES string of the molecule is Cc1ccc(S(=O)(=O)N(C)C(=O)N2CCCC2)cc1. The molecule has 0 N–H and O–H groups in total. The van der Waals surface area contributed by atoms with Crippen LogP contribution in [0.2, 0.25) is 0 Å². The van der Waals surface area contributed by atoms with Crippen molar-refractivity contribution in [3.05, 3.63) is 29.8 Å². The van der Waals surface area contributed by atoms with E-state index in [1.165, 1.54) is 19.2 Å². The second kappa shape index (κ2) is 5.21. The first-order valence-electron chi connectivity index (χ1n) is 6.27. The first-order valence-corrected chi connectivity index (χ1v) is 7.71. The summed E-state index contributed by atoms with van der Waals surface area (Å²) in [5.74, 6) is 0. The van der Waals surface area contributed by atoms with Crippen molar-refractivity contribution in [1.29, 1.82) is 0 Å². The number of sulfonamides is 1. The van der Waals surface area contributed by atoms with Crippen LogP contribution in [-0.4, -0.2) is 43.8 Å². The molecule has 5 nitrogen and oxygen atoms in total. The second-order valence-electron chi connectivity index (χ2n) is 4.76. The van der Waals surface area contributed by atoms with Gasteiger partial charge < -0.3 is 4.90 Å². The molecule has 1 fully saturated rings. The molecule has 0 radical (unpaired) electrons. The lowest BCUT2D eigenvalue weighted by molar-refractivity contribution is 0.194. The normalized spacial score (nSPS) is 15.6. The molecule has 2 amide bonds. The van der Waals surface area contributed by atoms with Gasteiger partial charge >= 0.3 is 6.03 Å². The Morgan fingerprint density at radius 1 is 1.16 bits per heavy atom. The van der Waals surface area contributed by atoms with Crippen LogP contribution in [-0.2, 0) is 10.0 Å². The Balaban J connectivity index is 2.23. The molecule has 1 aromatic rings. The maximum atomic E-state index is 12.3. The lowest BCUT2D eigenvalue weighted by Gasteiger charge is -2.23. The summed E-state index contributed by atoms with van der Waals surface area (Å²) in [5.41, 5.74) is 0.979. The standard InChI is InChI=1S/C13H18N2O3S/c1-11-5-7-12(8-6-11)19(17,18)14(2)13(16)15-9-3-4-10-15/h5-8H,3-4,9-10H2,1-2H3. The second-order valence-corrected chi connectivity index (χ2v) is 6.73. The summed E-state index contributed by atoms with van der Waals surface area (Å²) in [5, 5.41) is 0. The highest BCUT2D eigenvalue weighted by molar-refractivity contribution is 7.89. The molecule has 0 atom stereocenters. The molecule has 0 bridgehead atoms. The van der Waals surface area contributed by atoms with Crippen LogP contribution < -0.4 is 0 Å². The molecule has 0 unspecified atom stereocenters. The van der Waals surface area contributed by atoms with E-state index in [4.69, 9.17) is 0 Å². The summed E-state index contributed by atoms with van der Waals surface area (Å²) < 4.78 is 25.5. The maximum absolute atomic E-state index is 12.3. The predicted octanol–water partition coefficient (Wildman–Crippen LogP) is 1.83. The fourth-order valence-corrected chi connectivity index (χ4v) is 3.20. The first-order chi connectivity index (χ1) is 8.93. The number of carbonyl (C=O) groups is 1. The van der Waals surface area contributed by atoms with Gasteiger partial charge in [-0.05, 0) is 31.9 Å². The molecule has 1 aliphatic heterocycles. The zero-order valence-corrected chi connectivity index (χ0v) is 12.0. The highest BCUT2D eigenvalue weighted by Gasteiger charge is 2.30. The van der Waals surface area contributed by atoms with E-state index in [0.29, 0.717) is 13.1 Å². The number of benzene rings is 1. The van der Waals surface area contributed by atoms with Crippen LogP contribution >= 0.6 is 0 Å². The van der Waals surface area contributed by atoms with Crippen molar-refractivity contribution in [2.45, 2.75) is 24.7 Å². The fraction of sp³-hybridized carbons (Fsp3) is 0.462. The van der Waals surface area contributed by atoms with Gasteiger partial charge in [0.25, 0.3) is 10.0 Å². The molecule has 19 heavy (non-hydrogen) atoms. The molecule has 0 aliphatic carbocycles. The number of rotatable bonds is 2. The molecule has 104 valence electrons. The molecule has 2 rings (SSSR count). The first kappa shape index (κ1) is 13.9. The summed E-state index contributed by atoms with van der Waals surface area (Å²) in [6.45, 7) is 3.15. The third-order valence-corrected chi connectivity index (χ3v) is 5.07. The number of likely N-dealkylation sites (tertiary alicyclic amines) is 1. The highest BCUT2D eigenvalue weighted by atomic mass is 32.2. The molecule has 0 spiro atoms. The zero-order valence-electron chi connectivity index (χ0n) is 11.2. The van der Waals surface area contributed by atoms with E-state index in [1.54, 1.807) is 17.0 Å². The topological polar surface area (TPSA) is 57.7 Å². The number of amides is 2. The minimum atomic E-state index is -3.75. The fourth-order valence-electron chi connectivity index (χ4n) is 2.08. The van der Waals surface area contributed by atoms with Crippen LogP contribution in [0.4, 0.5) is 4.79 Å². The van der Waals surface area contributed by atoms with Crippen molar-refractivity contribution in [3.63, 3.8) is 0 Å². The quantitative estimate of drug-likeness (QED) is 0.831. The highest BCUT2D eigenvalue weighted by Crippen LogP contribution is 2.18. The van der Waals surface area contributed by atoms with E-state index in [1.807, 2.05) is 6.92 Å². The molecule has 0 aromatic heterocycles. The van der Waals surface area contributed by atoms with E-state index in [9.17, 15) is 13.2 Å². The van der Waals surface area contributed by atoms with E-state index < -0.39 is 16.1 Å². The lowest BCUT2D eigenvalue weighted by atomic mass is 10.2. The molecule has 1 saturated heterocycles. The number of nitrogens with zero attached hydrogens (tertiary/aromatic N) is 2. The molecule has 1 heterocycles. The number of urea groups is 1. The Hall–Kier alpha value is -1.56. The van der Waals surface area contributed by atoms with Gasteiger partial charge in [0.1, 0.15) is 0 Å². The van der Waals surface area contributed by atoms with Gasteiger partial charge in [-0.1, -0.05) is 17.7 Å². The number of carbonyl (C=O) groups excluding carboxylic acids is 1. The smallest absolute Gasteiger partial charge is 0.324 e. The summed E-state index contributed by atoms with van der Waals surface area (Å²) in [4.78, 5) is 13.8.